The van der Waals surface area contributed by atoms with Gasteiger partial charge in [-0.25, -0.2) is 8.42 Å². The van der Waals surface area contributed by atoms with Gasteiger partial charge in [-0.2, -0.15) is 13.1 Å². The normalized spacial score (nSPS) is 16.8. The highest BCUT2D eigenvalue weighted by molar-refractivity contribution is 7.89. The van der Waals surface area contributed by atoms with Crippen molar-refractivity contribution in [3.63, 3.8) is 0 Å². The van der Waals surface area contributed by atoms with E-state index in [1.54, 1.807) is 24.3 Å². The molecule has 30 heavy (non-hydrogen) atoms. The third kappa shape index (κ3) is 4.56. The smallest absolute Gasteiger partial charge is 0.406 e. The maximum atomic E-state index is 13.1. The first-order valence-electron chi connectivity index (χ1n) is 9.01. The van der Waals surface area contributed by atoms with Crippen molar-refractivity contribution >= 4 is 32.8 Å². The van der Waals surface area contributed by atoms with Gasteiger partial charge in [0.25, 0.3) is 0 Å². The Bertz CT molecular complexity index is 1130. The van der Waals surface area contributed by atoms with Crippen LogP contribution in [0.15, 0.2) is 47.4 Å². The van der Waals surface area contributed by atoms with Crippen LogP contribution in [0.25, 0.3) is 11.0 Å². The summed E-state index contributed by atoms with van der Waals surface area (Å²) in [6.07, 6.45) is -4.72. The summed E-state index contributed by atoms with van der Waals surface area (Å²) in [4.78, 5) is 2.21. The van der Waals surface area contributed by atoms with Crippen molar-refractivity contribution < 1.29 is 26.3 Å². The number of sulfonamides is 1. The number of rotatable bonds is 5. The molecule has 0 aliphatic carbocycles. The number of piperazine rings is 1. The van der Waals surface area contributed by atoms with Crippen molar-refractivity contribution in [1.29, 1.82) is 0 Å². The molecule has 12 heteroatoms. The van der Waals surface area contributed by atoms with Crippen LogP contribution in [0.5, 0.6) is 5.75 Å². The SMILES string of the molecule is O=S(=O)(c1cccc2nsnc12)N1CCN(Cc2ccc(OC(F)(F)F)cc2)CC1. The summed E-state index contributed by atoms with van der Waals surface area (Å²) in [5.41, 5.74) is 1.75. The fraction of sp³-hybridized carbons (Fsp3) is 0.333. The second-order valence-corrected chi connectivity index (χ2v) is 9.19. The molecule has 0 radical (unpaired) electrons. The van der Waals surface area contributed by atoms with Gasteiger partial charge in [0.2, 0.25) is 10.0 Å². The first-order chi connectivity index (χ1) is 14.2. The molecule has 0 unspecified atom stereocenters. The Hall–Kier alpha value is -2.28. The van der Waals surface area contributed by atoms with E-state index >= 15 is 0 Å². The van der Waals surface area contributed by atoms with Gasteiger partial charge < -0.3 is 4.74 Å². The number of hydrogen-bond donors (Lipinski definition) is 0. The molecule has 2 heterocycles. The van der Waals surface area contributed by atoms with Gasteiger partial charge in [0.05, 0.1) is 11.7 Å². The molecule has 1 aliphatic heterocycles. The predicted octanol–water partition coefficient (Wildman–Crippen LogP) is 3.10. The van der Waals surface area contributed by atoms with Crippen molar-refractivity contribution in [3.8, 4) is 5.75 Å². The minimum atomic E-state index is -4.72. The Morgan fingerprint density at radius 1 is 1.00 bits per heavy atom. The number of hydrogen-bond acceptors (Lipinski definition) is 7. The van der Waals surface area contributed by atoms with Crippen molar-refractivity contribution in [2.75, 3.05) is 26.2 Å². The molecule has 2 aromatic carbocycles. The van der Waals surface area contributed by atoms with Gasteiger partial charge in [-0.3, -0.25) is 4.90 Å². The number of benzene rings is 2. The second kappa shape index (κ2) is 8.10. The van der Waals surface area contributed by atoms with E-state index in [1.165, 1.54) is 22.5 Å². The lowest BCUT2D eigenvalue weighted by Crippen LogP contribution is -2.48. The fourth-order valence-electron chi connectivity index (χ4n) is 3.31. The number of nitrogens with zero attached hydrogens (tertiary/aromatic N) is 4. The molecule has 0 atom stereocenters. The van der Waals surface area contributed by atoms with E-state index in [2.05, 4.69) is 18.4 Å². The minimum Gasteiger partial charge on any atom is -0.406 e. The molecular formula is C18H17F3N4O3S2. The van der Waals surface area contributed by atoms with E-state index in [0.29, 0.717) is 43.8 Å². The molecule has 1 saturated heterocycles. The number of halogens is 3. The molecule has 0 amide bonds. The van der Waals surface area contributed by atoms with Crippen LogP contribution in [0.3, 0.4) is 0 Å². The van der Waals surface area contributed by atoms with Crippen molar-refractivity contribution in [2.45, 2.75) is 17.8 Å². The third-order valence-corrected chi connectivity index (χ3v) is 7.23. The highest BCUT2D eigenvalue weighted by atomic mass is 32.2. The van der Waals surface area contributed by atoms with Gasteiger partial charge in [0.15, 0.2) is 0 Å². The zero-order valence-corrected chi connectivity index (χ0v) is 17.2. The van der Waals surface area contributed by atoms with Crippen molar-refractivity contribution in [3.05, 3.63) is 48.0 Å². The highest BCUT2D eigenvalue weighted by Gasteiger charge is 2.32. The van der Waals surface area contributed by atoms with E-state index in [-0.39, 0.29) is 10.6 Å². The summed E-state index contributed by atoms with van der Waals surface area (Å²) in [5, 5.41) is 0. The van der Waals surface area contributed by atoms with E-state index in [9.17, 15) is 21.6 Å². The monoisotopic (exact) mass is 458 g/mol. The molecule has 0 saturated carbocycles. The zero-order valence-electron chi connectivity index (χ0n) is 15.5. The summed E-state index contributed by atoms with van der Waals surface area (Å²) in [6.45, 7) is 2.14. The van der Waals surface area contributed by atoms with Crippen LogP contribution in [0, 0.1) is 0 Å². The van der Waals surface area contributed by atoms with Crippen LogP contribution in [0.1, 0.15) is 5.56 Å². The van der Waals surface area contributed by atoms with E-state index < -0.39 is 16.4 Å². The van der Waals surface area contributed by atoms with Crippen LogP contribution >= 0.6 is 11.7 Å². The van der Waals surface area contributed by atoms with Crippen molar-refractivity contribution in [1.82, 2.24) is 18.0 Å². The predicted molar refractivity (Wildman–Crippen MR) is 105 cm³/mol. The largest absolute Gasteiger partial charge is 0.573 e. The van der Waals surface area contributed by atoms with Crippen LogP contribution in [0.2, 0.25) is 0 Å². The first-order valence-corrected chi connectivity index (χ1v) is 11.2. The van der Waals surface area contributed by atoms with Crippen molar-refractivity contribution in [2.24, 2.45) is 0 Å². The molecule has 0 spiro atoms. The molecule has 1 aromatic heterocycles. The number of alkyl halides is 3. The molecule has 1 fully saturated rings. The maximum absolute atomic E-state index is 13.1. The number of fused-ring (bicyclic) bond motifs is 1. The number of aromatic nitrogens is 2. The first kappa shape index (κ1) is 21.0. The van der Waals surface area contributed by atoms with Gasteiger partial charge in [-0.05, 0) is 29.8 Å². The van der Waals surface area contributed by atoms with Crippen LogP contribution in [0.4, 0.5) is 13.2 Å². The Morgan fingerprint density at radius 3 is 2.37 bits per heavy atom. The van der Waals surface area contributed by atoms with Gasteiger partial charge in [0.1, 0.15) is 21.7 Å². The summed E-state index contributed by atoms with van der Waals surface area (Å²) in [6, 6.07) is 10.6. The Labute approximate surface area is 175 Å². The fourth-order valence-corrected chi connectivity index (χ4v) is 5.49. The Kier molecular flexibility index (Phi) is 5.66. The highest BCUT2D eigenvalue weighted by Crippen LogP contribution is 2.26. The molecule has 7 nitrogen and oxygen atoms in total. The zero-order chi connectivity index (χ0) is 21.4. The summed E-state index contributed by atoms with van der Waals surface area (Å²) < 4.78 is 76.4. The third-order valence-electron chi connectivity index (χ3n) is 4.76. The summed E-state index contributed by atoms with van der Waals surface area (Å²) in [5.74, 6) is -0.270. The van der Waals surface area contributed by atoms with Crippen LogP contribution in [-0.4, -0.2) is 58.9 Å². The molecule has 0 bridgehead atoms. The lowest BCUT2D eigenvalue weighted by atomic mass is 10.2. The average molecular weight is 458 g/mol. The van der Waals surface area contributed by atoms with E-state index in [0.717, 1.165) is 17.3 Å². The minimum absolute atomic E-state index is 0.155. The van der Waals surface area contributed by atoms with Crippen LogP contribution in [-0.2, 0) is 16.6 Å². The van der Waals surface area contributed by atoms with E-state index in [4.69, 9.17) is 0 Å². The quantitative estimate of drug-likeness (QED) is 0.585. The maximum Gasteiger partial charge on any atom is 0.573 e. The molecule has 160 valence electrons. The standard InChI is InChI=1S/C18H17F3N4O3S2/c19-18(20,21)28-14-6-4-13(5-7-14)12-24-8-10-25(11-9-24)30(26,27)16-3-1-2-15-17(16)23-29-22-15/h1-7H,8-12H2. The average Bonchev–Trinajstić information content (AvgIpc) is 3.17. The van der Waals surface area contributed by atoms with E-state index in [1.807, 2.05) is 0 Å². The van der Waals surface area contributed by atoms with Gasteiger partial charge in [-0.15, -0.1) is 13.2 Å². The van der Waals surface area contributed by atoms with Gasteiger partial charge in [-0.1, -0.05) is 18.2 Å². The molecule has 3 aromatic rings. The van der Waals surface area contributed by atoms with Gasteiger partial charge in [0, 0.05) is 32.7 Å². The molecular weight excluding hydrogens is 441 g/mol. The Morgan fingerprint density at radius 2 is 1.70 bits per heavy atom. The summed E-state index contributed by atoms with van der Waals surface area (Å²) >= 11 is 0.973. The lowest BCUT2D eigenvalue weighted by molar-refractivity contribution is -0.274. The molecule has 0 N–H and O–H groups in total. The summed E-state index contributed by atoms with van der Waals surface area (Å²) in [7, 11) is -3.69. The second-order valence-electron chi connectivity index (χ2n) is 6.76. The molecule has 4 rings (SSSR count). The number of ether oxygens (including phenoxy) is 1. The lowest BCUT2D eigenvalue weighted by Gasteiger charge is -2.34. The topological polar surface area (TPSA) is 75.6 Å². The molecule has 1 aliphatic rings. The van der Waals surface area contributed by atoms with Crippen LogP contribution < -0.4 is 4.74 Å². The Balaban J connectivity index is 1.38. The van der Waals surface area contributed by atoms with Gasteiger partial charge >= 0.3 is 6.36 Å².